The van der Waals surface area contributed by atoms with Crippen LogP contribution in [-0.2, 0) is 14.3 Å². The van der Waals surface area contributed by atoms with Crippen molar-refractivity contribution in [3.8, 4) is 0 Å². The Balaban J connectivity index is 2.50. The van der Waals surface area contributed by atoms with E-state index in [9.17, 15) is 4.79 Å². The highest BCUT2D eigenvalue weighted by atomic mass is 16.7. The third kappa shape index (κ3) is 2.94. The van der Waals surface area contributed by atoms with Crippen molar-refractivity contribution in [3.63, 3.8) is 0 Å². The number of hydrogen-bond donors (Lipinski definition) is 0. The van der Waals surface area contributed by atoms with E-state index in [0.29, 0.717) is 13.2 Å². The average molecular weight is 184 g/mol. The second-order valence-electron chi connectivity index (χ2n) is 4.16. The van der Waals surface area contributed by atoms with E-state index in [1.807, 2.05) is 6.92 Å². The van der Waals surface area contributed by atoms with E-state index in [2.05, 4.69) is 13.8 Å². The number of aldehydes is 1. The fourth-order valence-electron chi connectivity index (χ4n) is 1.14. The molecule has 0 bridgehead atoms. The highest BCUT2D eigenvalue weighted by Gasteiger charge is 2.28. The molecule has 1 aliphatic rings. The van der Waals surface area contributed by atoms with Gasteiger partial charge >= 0.3 is 0 Å². The molecule has 0 aromatic heterocycles. The summed E-state index contributed by atoms with van der Waals surface area (Å²) in [5.74, 6) is 0. The Morgan fingerprint density at radius 2 is 1.92 bits per heavy atom. The minimum Gasteiger partial charge on any atom is -0.348 e. The predicted octanol–water partition coefficient (Wildman–Crippen LogP) is 1.53. The first-order valence-electron chi connectivity index (χ1n) is 4.40. The Bertz CT molecular complexity index is 208. The van der Waals surface area contributed by atoms with Gasteiger partial charge in [0.25, 0.3) is 0 Å². The molecule has 0 N–H and O–H groups in total. The number of ether oxygens (including phenoxy) is 2. The molecule has 3 heteroatoms. The van der Waals surface area contributed by atoms with Crippen LogP contribution in [0.25, 0.3) is 0 Å². The Hall–Kier alpha value is -0.670. The third-order valence-electron chi connectivity index (χ3n) is 1.95. The summed E-state index contributed by atoms with van der Waals surface area (Å²) in [6.07, 6.45) is 1.89. The van der Waals surface area contributed by atoms with Gasteiger partial charge in [-0.1, -0.05) is 13.8 Å². The Morgan fingerprint density at radius 3 is 2.38 bits per heavy atom. The zero-order chi connectivity index (χ0) is 9.90. The van der Waals surface area contributed by atoms with Crippen molar-refractivity contribution in [2.45, 2.75) is 27.1 Å². The highest BCUT2D eigenvalue weighted by Crippen LogP contribution is 2.25. The van der Waals surface area contributed by atoms with Crippen LogP contribution in [0.1, 0.15) is 20.8 Å². The fraction of sp³-hybridized carbons (Fsp3) is 0.700. The maximum atomic E-state index is 10.2. The lowest BCUT2D eigenvalue weighted by Crippen LogP contribution is -2.38. The van der Waals surface area contributed by atoms with Gasteiger partial charge in [-0.25, -0.2) is 0 Å². The first-order valence-corrected chi connectivity index (χ1v) is 4.40. The number of carbonyl (C=O) groups excluding carboxylic acids is 1. The Kier molecular flexibility index (Phi) is 3.22. The minimum absolute atomic E-state index is 0.0813. The largest absolute Gasteiger partial charge is 0.348 e. The van der Waals surface area contributed by atoms with Crippen molar-refractivity contribution >= 4 is 6.29 Å². The molecule has 0 spiro atoms. The van der Waals surface area contributed by atoms with E-state index in [-0.39, 0.29) is 11.7 Å². The fourth-order valence-corrected chi connectivity index (χ4v) is 1.14. The highest BCUT2D eigenvalue weighted by molar-refractivity contribution is 5.66. The quantitative estimate of drug-likeness (QED) is 0.482. The van der Waals surface area contributed by atoms with Crippen LogP contribution >= 0.6 is 0 Å². The van der Waals surface area contributed by atoms with E-state index in [4.69, 9.17) is 9.47 Å². The van der Waals surface area contributed by atoms with Crippen molar-refractivity contribution in [3.05, 3.63) is 11.6 Å². The van der Waals surface area contributed by atoms with E-state index in [1.165, 1.54) is 6.08 Å². The van der Waals surface area contributed by atoms with Crippen LogP contribution in [0.3, 0.4) is 0 Å². The van der Waals surface area contributed by atoms with Crippen LogP contribution in [0, 0.1) is 5.41 Å². The van der Waals surface area contributed by atoms with Gasteiger partial charge in [0.2, 0.25) is 0 Å². The summed E-state index contributed by atoms with van der Waals surface area (Å²) in [6, 6.07) is 0. The lowest BCUT2D eigenvalue weighted by atomic mass is 9.95. The molecule has 0 radical (unpaired) electrons. The van der Waals surface area contributed by atoms with E-state index in [0.717, 1.165) is 11.9 Å². The van der Waals surface area contributed by atoms with Crippen LogP contribution in [0.2, 0.25) is 0 Å². The molecule has 0 aromatic rings. The van der Waals surface area contributed by atoms with Crippen molar-refractivity contribution in [2.24, 2.45) is 5.41 Å². The number of allylic oxidation sites excluding steroid dienone is 1. The number of carbonyl (C=O) groups is 1. The van der Waals surface area contributed by atoms with Crippen molar-refractivity contribution in [1.29, 1.82) is 0 Å². The molecule has 1 saturated heterocycles. The molecular weight excluding hydrogens is 168 g/mol. The molecule has 1 aliphatic heterocycles. The maximum absolute atomic E-state index is 10.2. The van der Waals surface area contributed by atoms with E-state index in [1.54, 1.807) is 0 Å². The zero-order valence-electron chi connectivity index (χ0n) is 8.37. The molecule has 1 heterocycles. The van der Waals surface area contributed by atoms with Gasteiger partial charge in [-0.15, -0.1) is 0 Å². The van der Waals surface area contributed by atoms with Crippen LogP contribution in [0.15, 0.2) is 11.6 Å². The smallest absolute Gasteiger partial charge is 0.179 e. The van der Waals surface area contributed by atoms with Gasteiger partial charge in [0.15, 0.2) is 6.29 Å². The normalized spacial score (nSPS) is 24.4. The zero-order valence-corrected chi connectivity index (χ0v) is 8.37. The molecule has 1 fully saturated rings. The molecule has 1 rings (SSSR count). The van der Waals surface area contributed by atoms with E-state index >= 15 is 0 Å². The first-order chi connectivity index (χ1) is 6.05. The summed E-state index contributed by atoms with van der Waals surface area (Å²) in [5.41, 5.74) is 0.906. The monoisotopic (exact) mass is 184 g/mol. The van der Waals surface area contributed by atoms with Crippen LogP contribution in [-0.4, -0.2) is 25.8 Å². The number of hydrogen-bond acceptors (Lipinski definition) is 3. The van der Waals surface area contributed by atoms with Gasteiger partial charge in [-0.05, 0) is 18.6 Å². The van der Waals surface area contributed by atoms with Gasteiger partial charge < -0.3 is 9.47 Å². The summed E-state index contributed by atoms with van der Waals surface area (Å²) < 4.78 is 10.9. The van der Waals surface area contributed by atoms with Crippen molar-refractivity contribution < 1.29 is 14.3 Å². The molecule has 3 nitrogen and oxygen atoms in total. The molecule has 0 amide bonds. The molecule has 74 valence electrons. The SMILES string of the molecule is CC(=CC=O)C1OCC(C)(C)CO1. The molecule has 0 aliphatic carbocycles. The standard InChI is InChI=1S/C10H16O3/c1-8(4-5-11)9-12-6-10(2,3)7-13-9/h4-5,9H,6-7H2,1-3H3. The molecule has 13 heavy (non-hydrogen) atoms. The first kappa shape index (κ1) is 10.4. The van der Waals surface area contributed by atoms with Gasteiger partial charge in [-0.3, -0.25) is 4.79 Å². The van der Waals surface area contributed by atoms with Gasteiger partial charge in [0.1, 0.15) is 6.29 Å². The lowest BCUT2D eigenvalue weighted by Gasteiger charge is -2.34. The summed E-state index contributed by atoms with van der Waals surface area (Å²) in [5, 5.41) is 0. The maximum Gasteiger partial charge on any atom is 0.179 e. The third-order valence-corrected chi connectivity index (χ3v) is 1.95. The van der Waals surface area contributed by atoms with Gasteiger partial charge in [0, 0.05) is 5.41 Å². The molecule has 0 aromatic carbocycles. The van der Waals surface area contributed by atoms with Crippen LogP contribution in [0.5, 0.6) is 0 Å². The van der Waals surface area contributed by atoms with Gasteiger partial charge in [0.05, 0.1) is 13.2 Å². The summed E-state index contributed by atoms with van der Waals surface area (Å²) >= 11 is 0. The molecular formula is C10H16O3. The van der Waals surface area contributed by atoms with Gasteiger partial charge in [-0.2, -0.15) is 0 Å². The summed E-state index contributed by atoms with van der Waals surface area (Å²) in [6.45, 7) is 7.34. The molecule has 0 unspecified atom stereocenters. The number of rotatable bonds is 2. The Morgan fingerprint density at radius 1 is 1.38 bits per heavy atom. The van der Waals surface area contributed by atoms with Crippen molar-refractivity contribution in [1.82, 2.24) is 0 Å². The van der Waals surface area contributed by atoms with E-state index < -0.39 is 0 Å². The second kappa shape index (κ2) is 4.03. The second-order valence-corrected chi connectivity index (χ2v) is 4.16. The van der Waals surface area contributed by atoms with Crippen LogP contribution < -0.4 is 0 Å². The summed E-state index contributed by atoms with van der Waals surface area (Å²) in [7, 11) is 0. The Labute approximate surface area is 78.7 Å². The van der Waals surface area contributed by atoms with Crippen molar-refractivity contribution in [2.75, 3.05) is 13.2 Å². The predicted molar refractivity (Wildman–Crippen MR) is 49.3 cm³/mol. The topological polar surface area (TPSA) is 35.5 Å². The summed E-state index contributed by atoms with van der Waals surface area (Å²) in [4.78, 5) is 10.2. The minimum atomic E-state index is -0.335. The molecule has 0 saturated carbocycles. The lowest BCUT2D eigenvalue weighted by molar-refractivity contribution is -0.202. The van der Waals surface area contributed by atoms with Crippen LogP contribution in [0.4, 0.5) is 0 Å². The average Bonchev–Trinajstić information content (AvgIpc) is 2.04. The molecule has 0 atom stereocenters.